The Morgan fingerprint density at radius 1 is 1.20 bits per heavy atom. The summed E-state index contributed by atoms with van der Waals surface area (Å²) in [5, 5.41) is 13.9. The van der Waals surface area contributed by atoms with Crippen LogP contribution in [0.3, 0.4) is 0 Å². The van der Waals surface area contributed by atoms with Crippen LogP contribution in [0.15, 0.2) is 53.9 Å². The molecule has 2 aromatic carbocycles. The van der Waals surface area contributed by atoms with Crippen molar-refractivity contribution in [1.82, 2.24) is 4.98 Å². The molecular weight excluding hydrogens is 334 g/mol. The van der Waals surface area contributed by atoms with Gasteiger partial charge in [-0.1, -0.05) is 29.8 Å². The Bertz CT molecular complexity index is 909. The van der Waals surface area contributed by atoms with Gasteiger partial charge >= 0.3 is 0 Å². The van der Waals surface area contributed by atoms with Crippen LogP contribution in [-0.2, 0) is 4.79 Å². The summed E-state index contributed by atoms with van der Waals surface area (Å²) in [4.78, 5) is 16.4. The second-order valence-corrected chi connectivity index (χ2v) is 6.24. The molecule has 0 aliphatic rings. The van der Waals surface area contributed by atoms with Crippen LogP contribution in [0.1, 0.15) is 11.1 Å². The molecule has 1 N–H and O–H groups in total. The van der Waals surface area contributed by atoms with Gasteiger partial charge in [0.1, 0.15) is 5.75 Å². The number of hydrogen-bond donors (Lipinski definition) is 1. The van der Waals surface area contributed by atoms with Crippen LogP contribution in [0.5, 0.6) is 5.75 Å². The Morgan fingerprint density at radius 3 is 2.60 bits per heavy atom. The van der Waals surface area contributed by atoms with E-state index in [2.05, 4.69) is 10.3 Å². The predicted molar refractivity (Wildman–Crippen MR) is 97.6 cm³/mol. The number of hydrogen-bond acceptors (Lipinski definition) is 5. The molecule has 0 atom stereocenters. The number of carbonyl (C=O) groups excluding carboxylic acids is 1. The number of amides is 1. The number of aryl methyl sites for hydroxylation is 1. The van der Waals surface area contributed by atoms with Gasteiger partial charge in [0.2, 0.25) is 0 Å². The van der Waals surface area contributed by atoms with E-state index < -0.39 is 0 Å². The van der Waals surface area contributed by atoms with Gasteiger partial charge in [0.25, 0.3) is 5.91 Å². The fourth-order valence-electron chi connectivity index (χ4n) is 2.12. The van der Waals surface area contributed by atoms with Gasteiger partial charge in [0, 0.05) is 10.9 Å². The van der Waals surface area contributed by atoms with E-state index in [0.717, 1.165) is 11.3 Å². The van der Waals surface area contributed by atoms with Crippen LogP contribution in [0.25, 0.3) is 11.3 Å². The summed E-state index contributed by atoms with van der Waals surface area (Å²) in [5.41, 5.74) is 3.57. The molecule has 0 saturated heterocycles. The molecule has 0 spiro atoms. The summed E-state index contributed by atoms with van der Waals surface area (Å²) in [6.07, 6.45) is 0. The molecule has 0 aliphatic heterocycles. The van der Waals surface area contributed by atoms with Crippen LogP contribution in [-0.4, -0.2) is 17.5 Å². The number of aromatic nitrogens is 1. The topological polar surface area (TPSA) is 75.0 Å². The number of ether oxygens (including phenoxy) is 1. The van der Waals surface area contributed by atoms with E-state index in [1.807, 2.05) is 42.6 Å². The Balaban J connectivity index is 1.56. The number of anilines is 1. The first kappa shape index (κ1) is 16.7. The van der Waals surface area contributed by atoms with Gasteiger partial charge < -0.3 is 4.74 Å². The summed E-state index contributed by atoms with van der Waals surface area (Å²) in [6, 6.07) is 16.7. The minimum Gasteiger partial charge on any atom is -0.484 e. The van der Waals surface area contributed by atoms with E-state index >= 15 is 0 Å². The molecule has 0 bridgehead atoms. The fraction of sp³-hybridized carbons (Fsp3) is 0.105. The molecule has 0 radical (unpaired) electrons. The molecular formula is C19H15N3O2S. The molecule has 1 heterocycles. The lowest BCUT2D eigenvalue weighted by Gasteiger charge is -2.05. The van der Waals surface area contributed by atoms with Crippen molar-refractivity contribution in [2.75, 3.05) is 11.9 Å². The number of nitrogens with zero attached hydrogens (tertiary/aromatic N) is 2. The highest BCUT2D eigenvalue weighted by atomic mass is 32.1. The molecule has 0 aliphatic carbocycles. The van der Waals surface area contributed by atoms with Crippen LogP contribution in [0, 0.1) is 18.3 Å². The number of nitrogens with one attached hydrogen (secondary N) is 1. The van der Waals surface area contributed by atoms with Crippen molar-refractivity contribution in [1.29, 1.82) is 5.26 Å². The normalized spacial score (nSPS) is 10.1. The van der Waals surface area contributed by atoms with Crippen LogP contribution in [0.4, 0.5) is 5.13 Å². The minimum atomic E-state index is -0.283. The maximum absolute atomic E-state index is 12.0. The maximum Gasteiger partial charge on any atom is 0.264 e. The molecule has 3 rings (SSSR count). The molecule has 5 nitrogen and oxygen atoms in total. The van der Waals surface area contributed by atoms with Gasteiger partial charge in [-0.3, -0.25) is 10.1 Å². The summed E-state index contributed by atoms with van der Waals surface area (Å²) < 4.78 is 5.40. The monoisotopic (exact) mass is 349 g/mol. The molecule has 3 aromatic rings. The van der Waals surface area contributed by atoms with Crippen LogP contribution < -0.4 is 10.1 Å². The number of benzene rings is 2. The van der Waals surface area contributed by atoms with E-state index in [-0.39, 0.29) is 12.5 Å². The average Bonchev–Trinajstić information content (AvgIpc) is 3.09. The summed E-state index contributed by atoms with van der Waals surface area (Å²) in [6.45, 7) is 1.91. The molecule has 25 heavy (non-hydrogen) atoms. The summed E-state index contributed by atoms with van der Waals surface area (Å²) in [7, 11) is 0. The zero-order valence-electron chi connectivity index (χ0n) is 13.5. The van der Waals surface area contributed by atoms with Crippen molar-refractivity contribution in [2.24, 2.45) is 0 Å². The average molecular weight is 349 g/mol. The van der Waals surface area contributed by atoms with Crippen molar-refractivity contribution in [3.8, 4) is 23.1 Å². The van der Waals surface area contributed by atoms with E-state index in [0.29, 0.717) is 16.4 Å². The molecule has 0 saturated carbocycles. The minimum absolute atomic E-state index is 0.120. The van der Waals surface area contributed by atoms with Crippen molar-refractivity contribution < 1.29 is 9.53 Å². The lowest BCUT2D eigenvalue weighted by atomic mass is 10.1. The summed E-state index contributed by atoms with van der Waals surface area (Å²) >= 11 is 1.37. The largest absolute Gasteiger partial charge is 0.484 e. The highest BCUT2D eigenvalue weighted by Gasteiger charge is 2.09. The second-order valence-electron chi connectivity index (χ2n) is 5.38. The lowest BCUT2D eigenvalue weighted by Crippen LogP contribution is -2.20. The van der Waals surface area contributed by atoms with Crippen molar-refractivity contribution in [2.45, 2.75) is 6.92 Å². The Hall–Kier alpha value is -3.17. The van der Waals surface area contributed by atoms with Gasteiger partial charge in [-0.25, -0.2) is 4.98 Å². The number of rotatable bonds is 5. The first-order valence-electron chi connectivity index (χ1n) is 7.59. The zero-order valence-corrected chi connectivity index (χ0v) is 14.3. The standard InChI is InChI=1S/C19H15N3O2S/c1-13-2-6-15(7-3-13)17-12-25-19(21-17)22-18(23)11-24-16-8-4-14(10-20)5-9-16/h2-9,12H,11H2,1H3,(H,21,22,23). The van der Waals surface area contributed by atoms with Crippen LogP contribution in [0.2, 0.25) is 0 Å². The van der Waals surface area contributed by atoms with Crippen molar-refractivity contribution >= 4 is 22.4 Å². The highest BCUT2D eigenvalue weighted by Crippen LogP contribution is 2.25. The van der Waals surface area contributed by atoms with Gasteiger partial charge in [-0.2, -0.15) is 5.26 Å². The van der Waals surface area contributed by atoms with Gasteiger partial charge in [-0.15, -0.1) is 11.3 Å². The first-order valence-corrected chi connectivity index (χ1v) is 8.47. The van der Waals surface area contributed by atoms with Gasteiger partial charge in [0.15, 0.2) is 11.7 Å². The molecule has 6 heteroatoms. The Morgan fingerprint density at radius 2 is 1.92 bits per heavy atom. The quantitative estimate of drug-likeness (QED) is 0.755. The smallest absolute Gasteiger partial charge is 0.264 e. The van der Waals surface area contributed by atoms with Crippen molar-refractivity contribution in [3.63, 3.8) is 0 Å². The predicted octanol–water partition coefficient (Wildman–Crippen LogP) is 4.01. The highest BCUT2D eigenvalue weighted by molar-refractivity contribution is 7.14. The summed E-state index contributed by atoms with van der Waals surface area (Å²) in [5.74, 6) is 0.253. The van der Waals surface area contributed by atoms with Crippen molar-refractivity contribution in [3.05, 3.63) is 65.0 Å². The Labute approximate surface area is 149 Å². The molecule has 1 aromatic heterocycles. The van der Waals surface area contributed by atoms with Crippen LogP contribution >= 0.6 is 11.3 Å². The first-order chi connectivity index (χ1) is 12.1. The zero-order chi connectivity index (χ0) is 17.6. The van der Waals surface area contributed by atoms with Gasteiger partial charge in [-0.05, 0) is 31.2 Å². The van der Waals surface area contributed by atoms with E-state index in [9.17, 15) is 4.79 Å². The molecule has 1 amide bonds. The fourth-order valence-corrected chi connectivity index (χ4v) is 2.85. The number of thiazole rings is 1. The van der Waals surface area contributed by atoms with Gasteiger partial charge in [0.05, 0.1) is 17.3 Å². The maximum atomic E-state index is 12.0. The van der Waals surface area contributed by atoms with E-state index in [1.54, 1.807) is 24.3 Å². The third-order valence-corrected chi connectivity index (χ3v) is 4.21. The van der Waals surface area contributed by atoms with E-state index in [4.69, 9.17) is 10.00 Å². The molecule has 124 valence electrons. The second kappa shape index (κ2) is 7.60. The molecule has 0 unspecified atom stereocenters. The Kier molecular flexibility index (Phi) is 5.07. The molecule has 0 fully saturated rings. The third-order valence-electron chi connectivity index (χ3n) is 3.45. The van der Waals surface area contributed by atoms with E-state index in [1.165, 1.54) is 16.9 Å². The number of carbonyl (C=O) groups is 1. The third kappa shape index (κ3) is 4.43. The SMILES string of the molecule is Cc1ccc(-c2csc(NC(=O)COc3ccc(C#N)cc3)n2)cc1. The number of nitriles is 1. The lowest BCUT2D eigenvalue weighted by molar-refractivity contribution is -0.118.